The normalized spacial score (nSPS) is 25.7. The van der Waals surface area contributed by atoms with Gasteiger partial charge in [-0.3, -0.25) is 4.90 Å². The average Bonchev–Trinajstić information content (AvgIpc) is 3.00. The smallest absolute Gasteiger partial charge is 0.160 e. The zero-order valence-electron chi connectivity index (χ0n) is 12.2. The molecule has 1 aromatic carbocycles. The Labute approximate surface area is 128 Å². The van der Waals surface area contributed by atoms with E-state index >= 15 is 0 Å². The van der Waals surface area contributed by atoms with Gasteiger partial charge in [0, 0.05) is 18.2 Å². The number of fused-ring (bicyclic) bond motifs is 3. The van der Waals surface area contributed by atoms with Crippen LogP contribution in [-0.2, 0) is 0 Å². The van der Waals surface area contributed by atoms with Gasteiger partial charge in [0.05, 0.1) is 0 Å². The number of rotatable bonds is 2. The van der Waals surface area contributed by atoms with Gasteiger partial charge < -0.3 is 14.7 Å². The van der Waals surface area contributed by atoms with Gasteiger partial charge in [0.25, 0.3) is 0 Å². The maximum absolute atomic E-state index is 9.57. The molecule has 3 aliphatic heterocycles. The first-order valence-electron chi connectivity index (χ1n) is 7.61. The lowest BCUT2D eigenvalue weighted by Gasteiger charge is -2.40. The molecule has 0 radical (unpaired) electrons. The lowest BCUT2D eigenvalue weighted by Crippen LogP contribution is -2.42. The monoisotopic (exact) mass is 298 g/mol. The summed E-state index contributed by atoms with van der Waals surface area (Å²) in [5.74, 6) is 1.13. The molecule has 3 saturated heterocycles. The van der Waals surface area contributed by atoms with E-state index in [1.54, 1.807) is 6.07 Å². The third-order valence-corrected chi connectivity index (χ3v) is 4.65. The molecule has 3 fully saturated rings. The Morgan fingerprint density at radius 1 is 1.14 bits per heavy atom. The highest BCUT2D eigenvalue weighted by Gasteiger charge is 2.29. The van der Waals surface area contributed by atoms with Crippen molar-refractivity contribution in [1.29, 1.82) is 0 Å². The number of hydrogen-bond donors (Lipinski definition) is 2. The fourth-order valence-electron chi connectivity index (χ4n) is 3.37. The predicted molar refractivity (Wildman–Crippen MR) is 82.4 cm³/mol. The molecule has 5 nitrogen and oxygen atoms in total. The summed E-state index contributed by atoms with van der Waals surface area (Å²) >= 11 is 0. The minimum atomic E-state index is -0.155. The van der Waals surface area contributed by atoms with Crippen molar-refractivity contribution in [3.05, 3.63) is 35.6 Å². The summed E-state index contributed by atoms with van der Waals surface area (Å²) in [5.41, 5.74) is 2.80. The number of aromatic hydroxyl groups is 2. The van der Waals surface area contributed by atoms with Crippen LogP contribution in [0.25, 0.3) is 17.3 Å². The maximum Gasteiger partial charge on any atom is 0.160 e. The Bertz CT molecular complexity index is 727. The summed E-state index contributed by atoms with van der Waals surface area (Å²) in [4.78, 5) is 2.47. The van der Waals surface area contributed by atoms with Crippen molar-refractivity contribution in [3.63, 3.8) is 0 Å². The van der Waals surface area contributed by atoms with Crippen molar-refractivity contribution < 1.29 is 14.7 Å². The Kier molecular flexibility index (Phi) is 3.15. The molecule has 0 spiro atoms. The standard InChI is InChI=1S/C17H18N2O3/c20-16-2-1-12(8-17(16)21)15-9-14(22-18-15)7-13-10-19-5-3-11(13)4-6-19/h1-2,7-9,11,20-21H,3-6,10H2. The molecule has 0 unspecified atom stereocenters. The summed E-state index contributed by atoms with van der Waals surface area (Å²) < 4.78 is 5.41. The largest absolute Gasteiger partial charge is 0.504 e. The maximum atomic E-state index is 9.57. The number of aromatic nitrogens is 1. The van der Waals surface area contributed by atoms with E-state index in [1.807, 2.05) is 6.07 Å². The third-order valence-electron chi connectivity index (χ3n) is 4.65. The van der Waals surface area contributed by atoms with Crippen molar-refractivity contribution in [2.75, 3.05) is 19.6 Å². The average molecular weight is 298 g/mol. The first-order chi connectivity index (χ1) is 10.7. The minimum absolute atomic E-state index is 0.137. The van der Waals surface area contributed by atoms with Crippen molar-refractivity contribution in [3.8, 4) is 22.8 Å². The van der Waals surface area contributed by atoms with E-state index in [4.69, 9.17) is 4.52 Å². The molecule has 0 aliphatic carbocycles. The van der Waals surface area contributed by atoms with Crippen LogP contribution in [-0.4, -0.2) is 39.9 Å². The van der Waals surface area contributed by atoms with E-state index in [-0.39, 0.29) is 11.5 Å². The molecule has 114 valence electrons. The number of piperidine rings is 3. The first-order valence-corrected chi connectivity index (χ1v) is 7.61. The highest BCUT2D eigenvalue weighted by atomic mass is 16.5. The molecular weight excluding hydrogens is 280 g/mol. The first kappa shape index (κ1) is 13.4. The van der Waals surface area contributed by atoms with Crippen LogP contribution >= 0.6 is 0 Å². The molecule has 3 aliphatic rings. The van der Waals surface area contributed by atoms with Crippen LogP contribution in [0.1, 0.15) is 18.6 Å². The molecule has 5 heteroatoms. The Balaban J connectivity index is 1.60. The second kappa shape index (κ2) is 5.18. The summed E-state index contributed by atoms with van der Waals surface area (Å²) in [6, 6.07) is 6.51. The summed E-state index contributed by atoms with van der Waals surface area (Å²) in [7, 11) is 0. The van der Waals surface area contributed by atoms with Crippen LogP contribution in [0.4, 0.5) is 0 Å². The predicted octanol–water partition coefficient (Wildman–Crippen LogP) is 2.86. The van der Waals surface area contributed by atoms with E-state index in [1.165, 1.54) is 43.6 Å². The molecule has 1 aromatic heterocycles. The zero-order valence-corrected chi connectivity index (χ0v) is 12.2. The van der Waals surface area contributed by atoms with Gasteiger partial charge in [-0.1, -0.05) is 5.16 Å². The fourth-order valence-corrected chi connectivity index (χ4v) is 3.37. The highest BCUT2D eigenvalue weighted by Crippen LogP contribution is 2.34. The van der Waals surface area contributed by atoms with Gasteiger partial charge >= 0.3 is 0 Å². The van der Waals surface area contributed by atoms with Gasteiger partial charge in [-0.05, 0) is 61.7 Å². The Morgan fingerprint density at radius 2 is 1.95 bits per heavy atom. The highest BCUT2D eigenvalue weighted by molar-refractivity contribution is 5.65. The Morgan fingerprint density at radius 3 is 2.64 bits per heavy atom. The van der Waals surface area contributed by atoms with Gasteiger partial charge in [0.15, 0.2) is 17.3 Å². The number of phenolic OH excluding ortho intramolecular Hbond substituents is 2. The molecule has 0 saturated carbocycles. The molecule has 2 N–H and O–H groups in total. The van der Waals surface area contributed by atoms with Crippen LogP contribution in [0.2, 0.25) is 0 Å². The van der Waals surface area contributed by atoms with E-state index in [2.05, 4.69) is 16.1 Å². The topological polar surface area (TPSA) is 69.7 Å². The lowest BCUT2D eigenvalue weighted by molar-refractivity contribution is 0.163. The summed E-state index contributed by atoms with van der Waals surface area (Å²) in [5, 5.41) is 23.0. The number of benzene rings is 1. The molecule has 0 atom stereocenters. The van der Waals surface area contributed by atoms with E-state index in [9.17, 15) is 10.2 Å². The van der Waals surface area contributed by atoms with Gasteiger partial charge in [-0.25, -0.2) is 0 Å². The van der Waals surface area contributed by atoms with Crippen LogP contribution in [0, 0.1) is 5.92 Å². The molecule has 2 aromatic rings. The number of nitrogens with zero attached hydrogens (tertiary/aromatic N) is 2. The molecule has 4 heterocycles. The molecule has 2 bridgehead atoms. The zero-order chi connectivity index (χ0) is 15.1. The van der Waals surface area contributed by atoms with Crippen LogP contribution < -0.4 is 0 Å². The second-order valence-corrected chi connectivity index (χ2v) is 6.09. The second-order valence-electron chi connectivity index (χ2n) is 6.09. The van der Waals surface area contributed by atoms with Gasteiger partial charge in [-0.2, -0.15) is 0 Å². The molecule has 0 amide bonds. The third kappa shape index (κ3) is 2.37. The fraction of sp³-hybridized carbons (Fsp3) is 0.353. The van der Waals surface area contributed by atoms with Crippen LogP contribution in [0.15, 0.2) is 34.4 Å². The van der Waals surface area contributed by atoms with Gasteiger partial charge in [0.2, 0.25) is 0 Å². The number of hydrogen-bond acceptors (Lipinski definition) is 5. The van der Waals surface area contributed by atoms with Crippen molar-refractivity contribution in [2.24, 2.45) is 5.92 Å². The van der Waals surface area contributed by atoms with Crippen molar-refractivity contribution in [2.45, 2.75) is 12.8 Å². The number of phenols is 2. The molecular formula is C17H18N2O3. The van der Waals surface area contributed by atoms with Crippen LogP contribution in [0.5, 0.6) is 11.5 Å². The van der Waals surface area contributed by atoms with E-state index in [0.717, 1.165) is 17.9 Å². The lowest BCUT2D eigenvalue weighted by atomic mass is 9.83. The van der Waals surface area contributed by atoms with E-state index < -0.39 is 0 Å². The minimum Gasteiger partial charge on any atom is -0.504 e. The SMILES string of the molecule is Oc1ccc(-c2cc(C=C3CN4CCC3CC4)on2)cc1O. The summed E-state index contributed by atoms with van der Waals surface area (Å²) in [6.45, 7) is 3.44. The Hall–Kier alpha value is -2.27. The molecule has 22 heavy (non-hydrogen) atoms. The van der Waals surface area contributed by atoms with Crippen molar-refractivity contribution >= 4 is 6.08 Å². The van der Waals surface area contributed by atoms with Crippen LogP contribution in [0.3, 0.4) is 0 Å². The van der Waals surface area contributed by atoms with Gasteiger partial charge in [-0.15, -0.1) is 0 Å². The van der Waals surface area contributed by atoms with E-state index in [0.29, 0.717) is 11.6 Å². The van der Waals surface area contributed by atoms with Gasteiger partial charge in [0.1, 0.15) is 5.69 Å². The summed E-state index contributed by atoms with van der Waals surface area (Å²) in [6.07, 6.45) is 4.57. The quantitative estimate of drug-likeness (QED) is 0.834. The van der Waals surface area contributed by atoms with Crippen molar-refractivity contribution in [1.82, 2.24) is 10.1 Å². The molecule has 5 rings (SSSR count).